The Morgan fingerprint density at radius 3 is 2.12 bits per heavy atom. The number of nitrogens with one attached hydrogen (secondary N) is 1. The number of benzene rings is 4. The minimum Gasteiger partial charge on any atom is -0.490 e. The number of methoxy groups -OCH3 is 2. The van der Waals surface area contributed by atoms with E-state index < -0.39 is 22.8 Å². The van der Waals surface area contributed by atoms with Gasteiger partial charge in [-0.3, -0.25) is 14.9 Å². The van der Waals surface area contributed by atoms with E-state index >= 15 is 0 Å². The SMILES string of the molecule is COC(=O)[C@H](Cc1ccc(OC)c([N+](=O)[O-])c1)NC(=O)c1c2ccccc2cc2ccccc12. The summed E-state index contributed by atoms with van der Waals surface area (Å²) in [4.78, 5) is 36.9. The summed E-state index contributed by atoms with van der Waals surface area (Å²) in [5.41, 5.74) is 0.698. The number of amides is 1. The van der Waals surface area contributed by atoms with Crippen LogP contribution in [0.25, 0.3) is 21.5 Å². The zero-order valence-electron chi connectivity index (χ0n) is 18.6. The molecule has 1 amide bonds. The molecule has 8 heteroatoms. The van der Waals surface area contributed by atoms with E-state index in [0.717, 1.165) is 21.5 Å². The maximum atomic E-state index is 13.5. The molecule has 0 bridgehead atoms. The fourth-order valence-electron chi connectivity index (χ4n) is 4.07. The fourth-order valence-corrected chi connectivity index (χ4v) is 4.07. The Labute approximate surface area is 195 Å². The molecule has 0 aliphatic carbocycles. The van der Waals surface area contributed by atoms with Crippen molar-refractivity contribution in [1.29, 1.82) is 0 Å². The molecule has 0 heterocycles. The van der Waals surface area contributed by atoms with Gasteiger partial charge in [0.15, 0.2) is 5.75 Å². The molecule has 0 aliphatic heterocycles. The first-order chi connectivity index (χ1) is 16.4. The standard InChI is InChI=1S/C26H22N2O6/c1-33-23-12-11-16(14-22(23)28(31)32)13-21(26(30)34-2)27-25(29)24-19-9-5-3-7-17(19)15-18-8-4-6-10-20(18)24/h3-12,14-15,21H,13H2,1-2H3,(H,27,29)/t21-/m0/s1. The number of carbonyl (C=O) groups excluding carboxylic acids is 2. The molecule has 172 valence electrons. The first-order valence-electron chi connectivity index (χ1n) is 10.5. The van der Waals surface area contributed by atoms with Crippen LogP contribution in [0.1, 0.15) is 15.9 Å². The lowest BCUT2D eigenvalue weighted by atomic mass is 9.95. The average Bonchev–Trinajstić information content (AvgIpc) is 2.86. The molecular weight excluding hydrogens is 436 g/mol. The molecule has 1 N–H and O–H groups in total. The highest BCUT2D eigenvalue weighted by molar-refractivity contribution is 6.18. The molecule has 1 atom stereocenters. The smallest absolute Gasteiger partial charge is 0.328 e. The van der Waals surface area contributed by atoms with Crippen molar-refractivity contribution in [3.8, 4) is 5.75 Å². The largest absolute Gasteiger partial charge is 0.490 e. The van der Waals surface area contributed by atoms with Crippen LogP contribution in [-0.4, -0.2) is 37.1 Å². The Kier molecular flexibility index (Phi) is 6.40. The van der Waals surface area contributed by atoms with Gasteiger partial charge in [-0.2, -0.15) is 0 Å². The number of nitrogens with zero attached hydrogens (tertiary/aromatic N) is 1. The molecule has 0 fully saturated rings. The lowest BCUT2D eigenvalue weighted by Crippen LogP contribution is -2.43. The normalized spacial score (nSPS) is 11.7. The van der Waals surface area contributed by atoms with Crippen LogP contribution in [-0.2, 0) is 16.0 Å². The number of nitro groups is 1. The van der Waals surface area contributed by atoms with E-state index in [0.29, 0.717) is 11.1 Å². The number of carbonyl (C=O) groups is 2. The molecule has 4 rings (SSSR count). The van der Waals surface area contributed by atoms with Crippen LogP contribution in [0.3, 0.4) is 0 Å². The topological polar surface area (TPSA) is 108 Å². The van der Waals surface area contributed by atoms with E-state index in [1.165, 1.54) is 26.4 Å². The molecule has 0 spiro atoms. The van der Waals surface area contributed by atoms with Crippen LogP contribution in [0.15, 0.2) is 72.8 Å². The summed E-state index contributed by atoms with van der Waals surface area (Å²) in [5.74, 6) is -0.989. The molecule has 0 saturated heterocycles. The maximum absolute atomic E-state index is 13.5. The lowest BCUT2D eigenvalue weighted by Gasteiger charge is -2.18. The zero-order chi connectivity index (χ0) is 24.2. The predicted molar refractivity (Wildman–Crippen MR) is 128 cm³/mol. The molecule has 0 unspecified atom stereocenters. The van der Waals surface area contributed by atoms with E-state index in [4.69, 9.17) is 9.47 Å². The van der Waals surface area contributed by atoms with Crippen molar-refractivity contribution in [3.05, 3.63) is 94.0 Å². The number of fused-ring (bicyclic) bond motifs is 2. The monoisotopic (exact) mass is 458 g/mol. The van der Waals surface area contributed by atoms with E-state index in [1.807, 2.05) is 54.6 Å². The van der Waals surface area contributed by atoms with Gasteiger partial charge in [-0.25, -0.2) is 4.79 Å². The van der Waals surface area contributed by atoms with E-state index in [2.05, 4.69) is 5.32 Å². The third-order valence-electron chi connectivity index (χ3n) is 5.67. The summed E-state index contributed by atoms with van der Waals surface area (Å²) >= 11 is 0. The summed E-state index contributed by atoms with van der Waals surface area (Å²) < 4.78 is 9.94. The van der Waals surface area contributed by atoms with Crippen molar-refractivity contribution in [1.82, 2.24) is 5.32 Å². The minimum absolute atomic E-state index is 0.00590. The zero-order valence-corrected chi connectivity index (χ0v) is 18.6. The Morgan fingerprint density at radius 1 is 0.941 bits per heavy atom. The van der Waals surface area contributed by atoms with Crippen molar-refractivity contribution in [2.45, 2.75) is 12.5 Å². The van der Waals surface area contributed by atoms with Crippen LogP contribution in [0.5, 0.6) is 5.75 Å². The van der Waals surface area contributed by atoms with Gasteiger partial charge < -0.3 is 14.8 Å². The molecular formula is C26H22N2O6. The van der Waals surface area contributed by atoms with Crippen LogP contribution < -0.4 is 10.1 Å². The van der Waals surface area contributed by atoms with Gasteiger partial charge in [0, 0.05) is 12.5 Å². The van der Waals surface area contributed by atoms with Crippen molar-refractivity contribution in [3.63, 3.8) is 0 Å². The van der Waals surface area contributed by atoms with Gasteiger partial charge in [0.05, 0.1) is 24.7 Å². The quantitative estimate of drug-likeness (QED) is 0.190. The fraction of sp³-hybridized carbons (Fsp3) is 0.154. The highest BCUT2D eigenvalue weighted by Crippen LogP contribution is 2.30. The van der Waals surface area contributed by atoms with Gasteiger partial charge in [-0.05, 0) is 39.2 Å². The number of ether oxygens (including phenoxy) is 2. The number of rotatable bonds is 7. The average molecular weight is 458 g/mol. The Morgan fingerprint density at radius 2 is 1.56 bits per heavy atom. The van der Waals surface area contributed by atoms with Gasteiger partial charge in [0.25, 0.3) is 5.91 Å². The molecule has 0 radical (unpaired) electrons. The number of hydrogen-bond donors (Lipinski definition) is 1. The third kappa shape index (κ3) is 4.38. The van der Waals surface area contributed by atoms with Gasteiger partial charge in [0.1, 0.15) is 6.04 Å². The minimum atomic E-state index is -1.05. The van der Waals surface area contributed by atoms with Gasteiger partial charge >= 0.3 is 11.7 Å². The molecule has 0 aliphatic rings. The van der Waals surface area contributed by atoms with E-state index in [9.17, 15) is 19.7 Å². The summed E-state index contributed by atoms with van der Waals surface area (Å²) in [7, 11) is 2.57. The number of nitro benzene ring substituents is 1. The molecule has 4 aromatic carbocycles. The van der Waals surface area contributed by atoms with Crippen LogP contribution >= 0.6 is 0 Å². The first kappa shape index (κ1) is 22.7. The van der Waals surface area contributed by atoms with Crippen molar-refractivity contribution < 1.29 is 24.0 Å². The second-order valence-electron chi connectivity index (χ2n) is 7.71. The third-order valence-corrected chi connectivity index (χ3v) is 5.67. The molecule has 34 heavy (non-hydrogen) atoms. The summed E-state index contributed by atoms with van der Waals surface area (Å²) in [6.45, 7) is 0. The van der Waals surface area contributed by atoms with Gasteiger partial charge in [0.2, 0.25) is 0 Å². The summed E-state index contributed by atoms with van der Waals surface area (Å²) in [5, 5.41) is 17.5. The van der Waals surface area contributed by atoms with Crippen molar-refractivity contribution in [2.75, 3.05) is 14.2 Å². The Balaban J connectivity index is 1.72. The van der Waals surface area contributed by atoms with Gasteiger partial charge in [-0.15, -0.1) is 0 Å². The maximum Gasteiger partial charge on any atom is 0.328 e. The molecule has 0 aromatic heterocycles. The van der Waals surface area contributed by atoms with Crippen molar-refractivity contribution >= 4 is 39.1 Å². The summed E-state index contributed by atoms with van der Waals surface area (Å²) in [6, 6.07) is 20.4. The van der Waals surface area contributed by atoms with Gasteiger partial charge in [-0.1, -0.05) is 54.6 Å². The Hall–Kier alpha value is -4.46. The lowest BCUT2D eigenvalue weighted by molar-refractivity contribution is -0.385. The highest BCUT2D eigenvalue weighted by atomic mass is 16.6. The number of esters is 1. The summed E-state index contributed by atoms with van der Waals surface area (Å²) in [6.07, 6.45) is 0.00590. The second-order valence-corrected chi connectivity index (χ2v) is 7.71. The number of hydrogen-bond acceptors (Lipinski definition) is 6. The highest BCUT2D eigenvalue weighted by Gasteiger charge is 2.26. The van der Waals surface area contributed by atoms with E-state index in [1.54, 1.807) is 6.07 Å². The predicted octanol–water partition coefficient (Wildman–Crippen LogP) is 4.42. The van der Waals surface area contributed by atoms with Crippen LogP contribution in [0.2, 0.25) is 0 Å². The van der Waals surface area contributed by atoms with Crippen LogP contribution in [0, 0.1) is 10.1 Å². The second kappa shape index (κ2) is 9.58. The molecule has 0 saturated carbocycles. The van der Waals surface area contributed by atoms with Crippen LogP contribution in [0.4, 0.5) is 5.69 Å². The Bertz CT molecular complexity index is 1360. The molecule has 8 nitrogen and oxygen atoms in total. The molecule has 4 aromatic rings. The van der Waals surface area contributed by atoms with E-state index in [-0.39, 0.29) is 17.9 Å². The van der Waals surface area contributed by atoms with Crippen molar-refractivity contribution in [2.24, 2.45) is 0 Å². The first-order valence-corrected chi connectivity index (χ1v) is 10.5.